The molecule has 4 aromatic carbocycles. The number of hydrogen-bond acceptors (Lipinski definition) is 24. The molecule has 0 atom stereocenters. The molecule has 26 nitrogen and oxygen atoms in total. The lowest BCUT2D eigenvalue weighted by Crippen LogP contribution is -2.28. The van der Waals surface area contributed by atoms with Crippen molar-refractivity contribution in [1.82, 2.24) is 0 Å². The minimum atomic E-state index is -6.04. The summed E-state index contributed by atoms with van der Waals surface area (Å²) in [6.45, 7) is 28.8. The van der Waals surface area contributed by atoms with E-state index in [2.05, 4.69) is 69.8 Å². The van der Waals surface area contributed by atoms with Gasteiger partial charge in [-0.15, -0.1) is 0 Å². The van der Waals surface area contributed by atoms with Crippen molar-refractivity contribution in [3.05, 3.63) is 150 Å². The standard InChI is InChI=1S/C23H37O6PSi.C16H21O6P.C15H15F3O8S.C14H16O6/c1-9-18-17(3)20-14-29-23(24)21(20)22(28-12-13-31(6,7)8)19(18)11-10-16(2)15-30(25,26-4)27-5;1-4-11-10(3)13-7-22-16(18)14(13)15(17)12(11)6-5-9(2)8-23(19,20)21;1-5-6-25-10-7-9(26-27(21,22)15(16,17)18)8(2)11(13(19)23-3)12(10)14(20)24-4;1-5-6-20-10-7-9(15)8(2)11(13(16)18-3)12(10)14(17)19-4/h10H,9,11-15H2,1-8H3;5,17H,4,6-8H2,1-3H3,(H2,19,20,21);5,7H,1,6H2,2-4H3;5,7,15H,1,6H2,2-4H3/b16-10+;9-5+;;. The summed E-state index contributed by atoms with van der Waals surface area (Å²) in [5.74, 6) is -5.48. The summed E-state index contributed by atoms with van der Waals surface area (Å²) in [7, 11) is -7.47. The van der Waals surface area contributed by atoms with Gasteiger partial charge in [0.25, 0.3) is 0 Å². The molecule has 2 aliphatic heterocycles. The van der Waals surface area contributed by atoms with Crippen LogP contribution in [-0.2, 0) is 95.6 Å². The third kappa shape index (κ3) is 22.6. The van der Waals surface area contributed by atoms with Crippen LogP contribution in [0.5, 0.6) is 34.5 Å². The maximum absolute atomic E-state index is 12.6. The van der Waals surface area contributed by atoms with Gasteiger partial charge in [-0.2, -0.15) is 21.6 Å². The van der Waals surface area contributed by atoms with Gasteiger partial charge in [0.2, 0.25) is 0 Å². The van der Waals surface area contributed by atoms with E-state index in [4.69, 9.17) is 42.5 Å². The number of phenolic OH excluding ortho intramolecular Hbond substituents is 2. The van der Waals surface area contributed by atoms with E-state index < -0.39 is 96.9 Å². The Morgan fingerprint density at radius 1 is 0.614 bits per heavy atom. The lowest BCUT2D eigenvalue weighted by molar-refractivity contribution is -0.0500. The fourth-order valence-corrected chi connectivity index (χ4v) is 13.5. The molecule has 33 heteroatoms. The first-order valence-electron chi connectivity index (χ1n) is 30.9. The summed E-state index contributed by atoms with van der Waals surface area (Å²) in [4.78, 5) is 90.3. The van der Waals surface area contributed by atoms with E-state index in [0.29, 0.717) is 54.9 Å². The highest BCUT2D eigenvalue weighted by atomic mass is 32.2. The second-order valence-corrected chi connectivity index (χ2v) is 34.8. The number of allylic oxidation sites excluding steroid dienone is 4. The van der Waals surface area contributed by atoms with Crippen LogP contribution in [0.4, 0.5) is 13.2 Å². The second-order valence-electron chi connectivity index (χ2n) is 23.7. The zero-order chi connectivity index (χ0) is 77.0. The summed E-state index contributed by atoms with van der Waals surface area (Å²) in [6.07, 6.45) is 8.71. The third-order valence-electron chi connectivity index (χ3n) is 15.6. The topological polar surface area (TPSA) is 362 Å². The summed E-state index contributed by atoms with van der Waals surface area (Å²) in [5, 5.41) is 20.3. The molecule has 0 radical (unpaired) electrons. The molecule has 558 valence electrons. The fraction of sp³-hybridized carbons (Fsp3) is 0.441. The van der Waals surface area contributed by atoms with Crippen LogP contribution in [0.25, 0.3) is 0 Å². The molecule has 4 N–H and O–H groups in total. The fourth-order valence-electron chi connectivity index (χ4n) is 10.4. The highest BCUT2D eigenvalue weighted by molar-refractivity contribution is 7.88. The molecule has 101 heavy (non-hydrogen) atoms. The molecule has 6 rings (SSSR count). The first kappa shape index (κ1) is 86.9. The number of fused-ring (bicyclic) bond motifs is 2. The van der Waals surface area contributed by atoms with E-state index in [1.165, 1.54) is 59.1 Å². The number of cyclic esters (lactones) is 2. The monoisotopic (exact) mass is 1500 g/mol. The van der Waals surface area contributed by atoms with Gasteiger partial charge in [0.15, 0.2) is 0 Å². The van der Waals surface area contributed by atoms with Crippen molar-refractivity contribution in [3.63, 3.8) is 0 Å². The Labute approximate surface area is 586 Å². The Morgan fingerprint density at radius 2 is 1.03 bits per heavy atom. The van der Waals surface area contributed by atoms with Crippen molar-refractivity contribution in [2.75, 3.05) is 74.8 Å². The normalized spacial score (nSPS) is 12.9. The number of rotatable bonds is 28. The average Bonchev–Trinajstić information content (AvgIpc) is 1.76. The number of benzene rings is 4. The number of carbonyl (C=O) groups excluding carboxylic acids is 6. The van der Waals surface area contributed by atoms with E-state index in [9.17, 15) is 69.7 Å². The molecule has 2 heterocycles. The molecule has 0 saturated carbocycles. The van der Waals surface area contributed by atoms with Crippen LogP contribution in [0.1, 0.15) is 145 Å². The van der Waals surface area contributed by atoms with Gasteiger partial charge >= 0.3 is 66.6 Å². The molecular formula is C68H89F3O26P2SSi. The van der Waals surface area contributed by atoms with Crippen molar-refractivity contribution >= 4 is 69.2 Å². The summed E-state index contributed by atoms with van der Waals surface area (Å²) >= 11 is 0. The number of hydrogen-bond donors (Lipinski definition) is 4. The SMILES string of the molecule is C=CCOc1cc(O)c(C)c(C(=O)OC)c1C(=O)OC.C=CCOc1cc(OS(=O)(=O)C(F)(F)F)c(C)c(C(=O)OC)c1C(=O)OC.CCc1c(C)c2c(c(O)c1C/C=C(\C)CP(=O)(O)O)C(=O)OC2.CCc1c(C)c2c(c(OCC[Si](C)(C)C)c1C/C=C(\C)CP(=O)(OC)OC)C(=O)OC2. The first-order valence-corrected chi connectivity index (χ1v) is 39.6. The van der Waals surface area contributed by atoms with Gasteiger partial charge in [0.05, 0.1) is 58.5 Å². The van der Waals surface area contributed by atoms with Crippen LogP contribution in [0.15, 0.2) is 60.7 Å². The van der Waals surface area contributed by atoms with E-state index >= 15 is 0 Å². The number of carbonyl (C=O) groups is 6. The number of esters is 6. The van der Waals surface area contributed by atoms with E-state index in [1.807, 2.05) is 26.8 Å². The van der Waals surface area contributed by atoms with Crippen molar-refractivity contribution in [2.45, 2.75) is 125 Å². The third-order valence-corrected chi connectivity index (χ3v) is 21.2. The van der Waals surface area contributed by atoms with Gasteiger partial charge in [-0.3, -0.25) is 9.13 Å². The Hall–Kier alpha value is -8.28. The van der Waals surface area contributed by atoms with E-state index in [-0.39, 0.29) is 77.6 Å². The Kier molecular flexibility index (Phi) is 32.3. The molecular weight excluding hydrogens is 1410 g/mol. The van der Waals surface area contributed by atoms with Crippen molar-refractivity contribution in [2.24, 2.45) is 0 Å². The first-order chi connectivity index (χ1) is 47.0. The van der Waals surface area contributed by atoms with Gasteiger partial charge in [0.1, 0.15) is 83.2 Å². The number of ether oxygens (including phenoxy) is 9. The maximum Gasteiger partial charge on any atom is 0.534 e. The van der Waals surface area contributed by atoms with Gasteiger partial charge in [-0.05, 0) is 95.5 Å². The molecule has 4 aromatic rings. The molecule has 0 aliphatic carbocycles. The predicted octanol–water partition coefficient (Wildman–Crippen LogP) is 12.7. The van der Waals surface area contributed by atoms with Crippen LogP contribution < -0.4 is 18.4 Å². The number of aromatic hydroxyl groups is 2. The molecule has 0 spiro atoms. The van der Waals surface area contributed by atoms with Crippen molar-refractivity contribution in [1.29, 1.82) is 0 Å². The van der Waals surface area contributed by atoms with Crippen LogP contribution in [0.2, 0.25) is 25.7 Å². The number of halogens is 3. The summed E-state index contributed by atoms with van der Waals surface area (Å²) < 4.78 is 144. The van der Waals surface area contributed by atoms with Gasteiger partial charge in [-0.1, -0.05) is 82.1 Å². The molecule has 0 aromatic heterocycles. The van der Waals surface area contributed by atoms with Crippen molar-refractivity contribution < 1.29 is 135 Å². The summed E-state index contributed by atoms with van der Waals surface area (Å²) in [5.41, 5.74) is 2.58. The van der Waals surface area contributed by atoms with Crippen LogP contribution in [0, 0.1) is 27.7 Å². The Balaban J connectivity index is 0.000000354. The zero-order valence-corrected chi connectivity index (χ0v) is 63.2. The van der Waals surface area contributed by atoms with Crippen LogP contribution in [0.3, 0.4) is 0 Å². The van der Waals surface area contributed by atoms with Gasteiger partial charge in [0, 0.05) is 67.8 Å². The lowest BCUT2D eigenvalue weighted by Gasteiger charge is -2.22. The predicted molar refractivity (Wildman–Crippen MR) is 369 cm³/mol. The second kappa shape index (κ2) is 37.6. The lowest BCUT2D eigenvalue weighted by atomic mass is 9.89. The van der Waals surface area contributed by atoms with Crippen LogP contribution in [-0.4, -0.2) is 153 Å². The quantitative estimate of drug-likeness (QED) is 0.00780. The minimum Gasteiger partial charge on any atom is -0.508 e. The highest BCUT2D eigenvalue weighted by Crippen LogP contribution is 2.48. The Morgan fingerprint density at radius 3 is 1.46 bits per heavy atom. The maximum atomic E-state index is 12.6. The molecule has 0 bridgehead atoms. The number of phenols is 2. The number of methoxy groups -OCH3 is 4. The highest BCUT2D eigenvalue weighted by Gasteiger charge is 2.49. The Bertz CT molecular complexity index is 4060. The van der Waals surface area contributed by atoms with E-state index in [1.54, 1.807) is 13.0 Å². The summed E-state index contributed by atoms with van der Waals surface area (Å²) in [6, 6.07) is 2.98. The average molecular weight is 1500 g/mol. The zero-order valence-electron chi connectivity index (χ0n) is 59.6. The van der Waals surface area contributed by atoms with Crippen LogP contribution >= 0.6 is 15.2 Å². The molecule has 2 aliphatic rings. The van der Waals surface area contributed by atoms with Gasteiger partial charge < -0.3 is 75.9 Å². The largest absolute Gasteiger partial charge is 0.534 e. The molecule has 0 fully saturated rings. The molecule has 0 amide bonds. The molecule has 0 saturated heterocycles. The van der Waals surface area contributed by atoms with Gasteiger partial charge in [-0.25, -0.2) is 28.8 Å². The molecule has 0 unspecified atom stereocenters. The van der Waals surface area contributed by atoms with Crippen molar-refractivity contribution in [3.8, 4) is 34.5 Å². The number of alkyl halides is 3. The minimum absolute atomic E-state index is 0.0280. The smallest absolute Gasteiger partial charge is 0.508 e. The van der Waals surface area contributed by atoms with E-state index in [0.717, 1.165) is 78.6 Å².